The molecule has 28 heavy (non-hydrogen) atoms. The maximum atomic E-state index is 5.87. The molecule has 6 nitrogen and oxygen atoms in total. The molecule has 2 aromatic rings. The van der Waals surface area contributed by atoms with Crippen molar-refractivity contribution in [2.24, 2.45) is 5.10 Å². The Kier molecular flexibility index (Phi) is 5.12. The number of anilines is 1. The number of hydrazone groups is 1. The van der Waals surface area contributed by atoms with Crippen LogP contribution in [0, 0.1) is 0 Å². The Balaban J connectivity index is 1.49. The quantitative estimate of drug-likeness (QED) is 0.813. The topological polar surface area (TPSA) is 61.8 Å². The molecule has 0 bridgehead atoms. The largest absolute Gasteiger partial charge is 0.492 e. The molecule has 0 saturated heterocycles. The minimum Gasteiger partial charge on any atom is -0.492 e. The fourth-order valence-corrected chi connectivity index (χ4v) is 3.39. The first kappa shape index (κ1) is 18.3. The molecule has 0 radical (unpaired) electrons. The van der Waals surface area contributed by atoms with Crippen molar-refractivity contribution in [2.75, 3.05) is 32.6 Å². The molecule has 3 heterocycles. The molecule has 0 saturated carbocycles. The molecule has 1 aromatic heterocycles. The van der Waals surface area contributed by atoms with E-state index in [1.165, 1.54) is 5.56 Å². The van der Waals surface area contributed by atoms with Crippen molar-refractivity contribution in [1.29, 1.82) is 0 Å². The first-order valence-electron chi connectivity index (χ1n) is 9.42. The van der Waals surface area contributed by atoms with Crippen molar-refractivity contribution >= 4 is 11.4 Å². The maximum Gasteiger partial charge on any atom is 0.121 e. The Morgan fingerprint density at radius 3 is 2.82 bits per heavy atom. The highest BCUT2D eigenvalue weighted by atomic mass is 16.5. The van der Waals surface area contributed by atoms with Crippen LogP contribution in [-0.2, 0) is 6.42 Å². The molecule has 0 fully saturated rings. The van der Waals surface area contributed by atoms with Gasteiger partial charge in [0.05, 0.1) is 17.5 Å². The van der Waals surface area contributed by atoms with Crippen LogP contribution in [0.3, 0.4) is 0 Å². The number of benzene rings is 1. The maximum absolute atomic E-state index is 5.87. The van der Waals surface area contributed by atoms with Gasteiger partial charge in [-0.05, 0) is 50.4 Å². The van der Waals surface area contributed by atoms with E-state index in [9.17, 15) is 0 Å². The van der Waals surface area contributed by atoms with Gasteiger partial charge in [0.15, 0.2) is 0 Å². The summed E-state index contributed by atoms with van der Waals surface area (Å²) in [5.74, 6) is 0.891. The third-order valence-corrected chi connectivity index (χ3v) is 4.95. The zero-order chi connectivity index (χ0) is 19.5. The predicted octanol–water partition coefficient (Wildman–Crippen LogP) is 2.81. The van der Waals surface area contributed by atoms with Gasteiger partial charge in [0, 0.05) is 41.8 Å². The van der Waals surface area contributed by atoms with Gasteiger partial charge >= 0.3 is 0 Å². The van der Waals surface area contributed by atoms with E-state index in [0.717, 1.165) is 46.9 Å². The van der Waals surface area contributed by atoms with Gasteiger partial charge in [0.25, 0.3) is 0 Å². The summed E-state index contributed by atoms with van der Waals surface area (Å²) in [6.07, 6.45) is 6.56. The van der Waals surface area contributed by atoms with Crippen LogP contribution in [0.1, 0.15) is 11.1 Å². The summed E-state index contributed by atoms with van der Waals surface area (Å²) in [7, 11) is 4.08. The number of nitrogens with one attached hydrogen (secondary N) is 2. The number of pyridine rings is 1. The highest BCUT2D eigenvalue weighted by Gasteiger charge is 2.27. The highest BCUT2D eigenvalue weighted by Crippen LogP contribution is 2.34. The van der Waals surface area contributed by atoms with E-state index in [4.69, 9.17) is 4.74 Å². The van der Waals surface area contributed by atoms with Gasteiger partial charge in [-0.2, -0.15) is 5.10 Å². The minimum atomic E-state index is 0.152. The van der Waals surface area contributed by atoms with Gasteiger partial charge in [-0.25, -0.2) is 0 Å². The normalized spacial score (nSPS) is 18.1. The second kappa shape index (κ2) is 7.86. The molecule has 0 aliphatic carbocycles. The number of nitrogens with zero attached hydrogens (tertiary/aromatic N) is 3. The van der Waals surface area contributed by atoms with Crippen LogP contribution in [-0.4, -0.2) is 48.9 Å². The molecule has 0 spiro atoms. The molecule has 2 aliphatic heterocycles. The number of ether oxygens (including phenoxy) is 1. The second-order valence-corrected chi connectivity index (χ2v) is 7.29. The van der Waals surface area contributed by atoms with E-state index in [-0.39, 0.29) is 6.04 Å². The van der Waals surface area contributed by atoms with Gasteiger partial charge in [-0.1, -0.05) is 12.6 Å². The standard InChI is InChI=1S/C22H25N5O/c1-15-19(14-21(26-25-15)16-6-8-23-9-7-16)22-12-17-4-5-18(13-20(17)24-22)28-11-10-27(2)3/h4-9,13-14,22,24-25H,1,10-12H2,2-3H3. The number of rotatable bonds is 6. The molecule has 1 unspecified atom stereocenters. The van der Waals surface area contributed by atoms with E-state index in [1.54, 1.807) is 12.4 Å². The molecular weight excluding hydrogens is 350 g/mol. The van der Waals surface area contributed by atoms with Crippen molar-refractivity contribution in [1.82, 2.24) is 15.3 Å². The number of allylic oxidation sites excluding steroid dienone is 1. The first-order valence-corrected chi connectivity index (χ1v) is 9.42. The van der Waals surface area contributed by atoms with Crippen molar-refractivity contribution in [3.63, 3.8) is 0 Å². The SMILES string of the molecule is C=C1NN=C(c2ccncc2)C=C1C1Cc2ccc(OCCN(C)C)cc2N1. The van der Waals surface area contributed by atoms with Crippen LogP contribution in [0.5, 0.6) is 5.75 Å². The van der Waals surface area contributed by atoms with Crippen molar-refractivity contribution in [3.05, 3.63) is 77.8 Å². The van der Waals surface area contributed by atoms with Gasteiger partial charge in [-0.15, -0.1) is 0 Å². The van der Waals surface area contributed by atoms with Crippen molar-refractivity contribution in [3.8, 4) is 5.75 Å². The molecule has 0 amide bonds. The lowest BCUT2D eigenvalue weighted by molar-refractivity contribution is 0.261. The summed E-state index contributed by atoms with van der Waals surface area (Å²) in [5, 5.41) is 8.04. The van der Waals surface area contributed by atoms with Gasteiger partial charge in [0.2, 0.25) is 0 Å². The van der Waals surface area contributed by atoms with Crippen molar-refractivity contribution in [2.45, 2.75) is 12.5 Å². The number of likely N-dealkylation sites (N-methyl/N-ethyl adjacent to an activating group) is 1. The average Bonchev–Trinajstić information content (AvgIpc) is 3.12. The molecule has 2 N–H and O–H groups in total. The molecular formula is C22H25N5O. The lowest BCUT2D eigenvalue weighted by Gasteiger charge is -2.22. The van der Waals surface area contributed by atoms with Crippen LogP contribution in [0.25, 0.3) is 0 Å². The smallest absolute Gasteiger partial charge is 0.121 e. The van der Waals surface area contributed by atoms with Crippen LogP contribution in [0.2, 0.25) is 0 Å². The van der Waals surface area contributed by atoms with Crippen LogP contribution in [0.4, 0.5) is 5.69 Å². The zero-order valence-corrected chi connectivity index (χ0v) is 16.3. The van der Waals surface area contributed by atoms with Crippen LogP contribution < -0.4 is 15.5 Å². The monoisotopic (exact) mass is 375 g/mol. The minimum absolute atomic E-state index is 0.152. The zero-order valence-electron chi connectivity index (χ0n) is 16.3. The molecule has 1 atom stereocenters. The molecule has 1 aromatic carbocycles. The summed E-state index contributed by atoms with van der Waals surface area (Å²) in [6, 6.07) is 10.3. The Morgan fingerprint density at radius 1 is 1.21 bits per heavy atom. The Bertz CT molecular complexity index is 933. The molecule has 4 rings (SSSR count). The second-order valence-electron chi connectivity index (χ2n) is 7.29. The van der Waals surface area contributed by atoms with Gasteiger partial charge in [-0.3, -0.25) is 10.4 Å². The fourth-order valence-electron chi connectivity index (χ4n) is 3.39. The molecule has 2 aliphatic rings. The summed E-state index contributed by atoms with van der Waals surface area (Å²) in [4.78, 5) is 6.19. The van der Waals surface area contributed by atoms with E-state index >= 15 is 0 Å². The Hall–Kier alpha value is -3.12. The van der Waals surface area contributed by atoms with E-state index in [0.29, 0.717) is 6.61 Å². The first-order chi connectivity index (χ1) is 13.6. The highest BCUT2D eigenvalue weighted by molar-refractivity contribution is 6.10. The molecule has 6 heteroatoms. The van der Waals surface area contributed by atoms with Crippen molar-refractivity contribution < 1.29 is 4.74 Å². The Labute approximate surface area is 165 Å². The summed E-state index contributed by atoms with van der Waals surface area (Å²) < 4.78 is 5.87. The number of fused-ring (bicyclic) bond motifs is 1. The predicted molar refractivity (Wildman–Crippen MR) is 113 cm³/mol. The number of aromatic nitrogens is 1. The third-order valence-electron chi connectivity index (χ3n) is 4.95. The summed E-state index contributed by atoms with van der Waals surface area (Å²) in [5.41, 5.74) is 9.33. The van der Waals surface area contributed by atoms with E-state index < -0.39 is 0 Å². The summed E-state index contributed by atoms with van der Waals surface area (Å²) >= 11 is 0. The summed E-state index contributed by atoms with van der Waals surface area (Å²) in [6.45, 7) is 5.70. The van der Waals surface area contributed by atoms with E-state index in [1.807, 2.05) is 32.3 Å². The van der Waals surface area contributed by atoms with E-state index in [2.05, 4.69) is 50.5 Å². The van der Waals surface area contributed by atoms with Gasteiger partial charge < -0.3 is 15.0 Å². The molecule has 144 valence electrons. The lowest BCUT2D eigenvalue weighted by Crippen LogP contribution is -2.28. The fraction of sp³-hybridized carbons (Fsp3) is 0.273. The number of hydrogen-bond donors (Lipinski definition) is 2. The van der Waals surface area contributed by atoms with Crippen LogP contribution >= 0.6 is 0 Å². The van der Waals surface area contributed by atoms with Gasteiger partial charge in [0.1, 0.15) is 12.4 Å². The average molecular weight is 375 g/mol. The lowest BCUT2D eigenvalue weighted by atomic mass is 9.97. The third kappa shape index (κ3) is 3.92. The van der Waals surface area contributed by atoms with Crippen LogP contribution in [0.15, 0.2) is 71.8 Å². The Morgan fingerprint density at radius 2 is 2.04 bits per heavy atom. The number of hydrogen-bond acceptors (Lipinski definition) is 6.